The van der Waals surface area contributed by atoms with Crippen molar-refractivity contribution in [3.05, 3.63) is 131 Å². The zero-order valence-corrected chi connectivity index (χ0v) is 29.2. The van der Waals surface area contributed by atoms with Crippen molar-refractivity contribution >= 4 is 33.6 Å². The van der Waals surface area contributed by atoms with Crippen LogP contribution in [0.4, 0.5) is 4.79 Å². The molecule has 0 aliphatic rings. The highest BCUT2D eigenvalue weighted by Crippen LogP contribution is 2.17. The lowest BCUT2D eigenvalue weighted by atomic mass is 10.1. The van der Waals surface area contributed by atoms with Crippen molar-refractivity contribution in [1.82, 2.24) is 4.90 Å². The van der Waals surface area contributed by atoms with Gasteiger partial charge in [-0.25, -0.2) is 4.79 Å². The smallest absolute Gasteiger partial charge is 0.410 e. The molecule has 0 spiro atoms. The van der Waals surface area contributed by atoms with Crippen LogP contribution in [-0.4, -0.2) is 46.6 Å². The molecule has 0 N–H and O–H groups in total. The van der Waals surface area contributed by atoms with E-state index in [-0.39, 0.29) is 18.1 Å². The minimum atomic E-state index is -0.595. The number of alkyl halides is 1. The Balaban J connectivity index is 0.000000284. The van der Waals surface area contributed by atoms with E-state index in [1.807, 2.05) is 100 Å². The highest BCUT2D eigenvalue weighted by atomic mass is 79.9. The topological polar surface area (TPSA) is 82.1 Å². The lowest BCUT2D eigenvalue weighted by molar-refractivity contribution is 0.0245. The van der Waals surface area contributed by atoms with Crippen LogP contribution in [0.15, 0.2) is 109 Å². The van der Waals surface area contributed by atoms with Crippen LogP contribution in [0.1, 0.15) is 72.4 Å². The molecule has 0 unspecified atom stereocenters. The zero-order chi connectivity index (χ0) is 34.1. The molecular formula is C39H44BrNO6. The molecule has 0 aliphatic carbocycles. The van der Waals surface area contributed by atoms with E-state index in [0.29, 0.717) is 42.0 Å². The lowest BCUT2D eigenvalue weighted by Crippen LogP contribution is -2.40. The van der Waals surface area contributed by atoms with Gasteiger partial charge in [0.1, 0.15) is 30.3 Å². The molecule has 4 aromatic rings. The number of nitrogens with zero attached hydrogens (tertiary/aromatic N) is 1. The summed E-state index contributed by atoms with van der Waals surface area (Å²) < 4.78 is 16.8. The summed E-state index contributed by atoms with van der Waals surface area (Å²) in [6, 6.07) is 34.1. The summed E-state index contributed by atoms with van der Waals surface area (Å²) in [6.45, 7) is 9.00. The SMILES string of the molecule is CCCCN(CC(=O)c1ccc(OCc2ccccc2)cc1)C(=O)OC(C)(C)C.O=C(CBr)c1ccc(OCc2ccccc2)cc1. The summed E-state index contributed by atoms with van der Waals surface area (Å²) in [4.78, 5) is 38.0. The van der Waals surface area contributed by atoms with Gasteiger partial charge >= 0.3 is 6.09 Å². The fraction of sp³-hybridized carbons (Fsp3) is 0.308. The maximum atomic E-state index is 12.7. The number of unbranched alkanes of at least 4 members (excludes halogenated alkanes) is 1. The van der Waals surface area contributed by atoms with Gasteiger partial charge in [0.2, 0.25) is 0 Å². The van der Waals surface area contributed by atoms with Crippen molar-refractivity contribution in [3.8, 4) is 11.5 Å². The Labute approximate surface area is 287 Å². The standard InChI is InChI=1S/C24H31NO4.C15H13BrO2/c1-5-6-16-25(23(27)29-24(2,3)4)17-22(26)20-12-14-21(15-13-20)28-18-19-10-8-7-9-11-19;16-10-15(17)13-6-8-14(9-7-13)18-11-12-4-2-1-3-5-12/h7-15H,5-6,16-18H2,1-4H3;1-9H,10-11H2. The molecule has 4 rings (SSSR count). The van der Waals surface area contributed by atoms with Crippen LogP contribution in [0.5, 0.6) is 11.5 Å². The Morgan fingerprint density at radius 1 is 0.660 bits per heavy atom. The van der Waals surface area contributed by atoms with Crippen LogP contribution in [0.25, 0.3) is 0 Å². The first-order valence-electron chi connectivity index (χ1n) is 15.7. The number of carbonyl (C=O) groups excluding carboxylic acids is 3. The molecule has 0 aromatic heterocycles. The third-order valence-corrected chi connectivity index (χ3v) is 7.25. The number of ketones is 2. The van der Waals surface area contributed by atoms with Crippen LogP contribution < -0.4 is 9.47 Å². The number of halogens is 1. The second kappa shape index (κ2) is 19.3. The van der Waals surface area contributed by atoms with E-state index in [9.17, 15) is 14.4 Å². The van der Waals surface area contributed by atoms with Crippen LogP contribution in [-0.2, 0) is 18.0 Å². The number of rotatable bonds is 14. The van der Waals surface area contributed by atoms with Gasteiger partial charge < -0.3 is 19.1 Å². The molecule has 0 saturated carbocycles. The maximum Gasteiger partial charge on any atom is 0.410 e. The van der Waals surface area contributed by atoms with Gasteiger partial charge in [-0.15, -0.1) is 0 Å². The fourth-order valence-corrected chi connectivity index (χ4v) is 4.53. The minimum Gasteiger partial charge on any atom is -0.489 e. The van der Waals surface area contributed by atoms with Crippen molar-refractivity contribution in [2.24, 2.45) is 0 Å². The normalized spacial score (nSPS) is 10.7. The molecule has 47 heavy (non-hydrogen) atoms. The first-order valence-corrected chi connectivity index (χ1v) is 16.8. The van der Waals surface area contributed by atoms with Gasteiger partial charge in [0.15, 0.2) is 11.6 Å². The van der Waals surface area contributed by atoms with Gasteiger partial charge in [-0.3, -0.25) is 9.59 Å². The van der Waals surface area contributed by atoms with Crippen LogP contribution in [0.2, 0.25) is 0 Å². The van der Waals surface area contributed by atoms with Crippen LogP contribution >= 0.6 is 15.9 Å². The molecule has 0 fully saturated rings. The van der Waals surface area contributed by atoms with E-state index in [2.05, 4.69) is 15.9 Å². The van der Waals surface area contributed by atoms with Gasteiger partial charge in [-0.1, -0.05) is 89.9 Å². The quantitative estimate of drug-likeness (QED) is 0.0963. The van der Waals surface area contributed by atoms with Crippen LogP contribution in [0, 0.1) is 0 Å². The molecular weight excluding hydrogens is 658 g/mol. The Morgan fingerprint density at radius 3 is 1.51 bits per heavy atom. The average molecular weight is 703 g/mol. The predicted molar refractivity (Wildman–Crippen MR) is 190 cm³/mol. The second-order valence-corrected chi connectivity index (χ2v) is 12.4. The highest BCUT2D eigenvalue weighted by Gasteiger charge is 2.24. The summed E-state index contributed by atoms with van der Waals surface area (Å²) in [5.41, 5.74) is 2.85. The van der Waals surface area contributed by atoms with E-state index in [4.69, 9.17) is 14.2 Å². The lowest BCUT2D eigenvalue weighted by Gasteiger charge is -2.27. The van der Waals surface area contributed by atoms with Gasteiger partial charge in [0.25, 0.3) is 0 Å². The molecule has 0 bridgehead atoms. The van der Waals surface area contributed by atoms with E-state index in [1.165, 1.54) is 4.90 Å². The number of hydrogen-bond acceptors (Lipinski definition) is 6. The molecule has 7 nitrogen and oxygen atoms in total. The van der Waals surface area contributed by atoms with E-state index in [1.54, 1.807) is 36.4 Å². The van der Waals surface area contributed by atoms with Crippen LogP contribution in [0.3, 0.4) is 0 Å². The zero-order valence-electron chi connectivity index (χ0n) is 27.6. The first kappa shape index (κ1) is 37.0. The van der Waals surface area contributed by atoms with Crippen molar-refractivity contribution in [3.63, 3.8) is 0 Å². The maximum absolute atomic E-state index is 12.7. The number of carbonyl (C=O) groups is 3. The number of Topliss-reactive ketones (excluding diaryl/α,β-unsaturated/α-hetero) is 2. The monoisotopic (exact) mass is 701 g/mol. The minimum absolute atomic E-state index is 0.000861. The number of hydrogen-bond donors (Lipinski definition) is 0. The third kappa shape index (κ3) is 13.8. The van der Waals surface area contributed by atoms with E-state index >= 15 is 0 Å². The van der Waals surface area contributed by atoms with E-state index in [0.717, 1.165) is 29.7 Å². The summed E-state index contributed by atoms with van der Waals surface area (Å²) in [7, 11) is 0. The molecule has 0 aliphatic heterocycles. The molecule has 8 heteroatoms. The molecule has 0 atom stereocenters. The molecule has 1 amide bonds. The third-order valence-electron chi connectivity index (χ3n) is 6.74. The van der Waals surface area contributed by atoms with Crippen molar-refractivity contribution < 1.29 is 28.6 Å². The Kier molecular flexibility index (Phi) is 15.2. The largest absolute Gasteiger partial charge is 0.489 e. The summed E-state index contributed by atoms with van der Waals surface area (Å²) in [6.07, 6.45) is 1.29. The molecule has 4 aromatic carbocycles. The van der Waals surface area contributed by atoms with Gasteiger partial charge in [0.05, 0.1) is 11.9 Å². The number of ether oxygens (including phenoxy) is 3. The second-order valence-electron chi connectivity index (χ2n) is 11.8. The molecule has 0 saturated heterocycles. The molecule has 248 valence electrons. The van der Waals surface area contributed by atoms with Gasteiger partial charge in [0, 0.05) is 17.7 Å². The number of benzene rings is 4. The number of amides is 1. The summed E-state index contributed by atoms with van der Waals surface area (Å²) >= 11 is 3.15. The molecule has 0 radical (unpaired) electrons. The van der Waals surface area contributed by atoms with Crippen molar-refractivity contribution in [2.45, 2.75) is 59.4 Å². The van der Waals surface area contributed by atoms with Gasteiger partial charge in [-0.05, 0) is 86.8 Å². The Bertz CT molecular complexity index is 1520. The summed E-state index contributed by atoms with van der Waals surface area (Å²) in [5.74, 6) is 1.41. The molecule has 0 heterocycles. The van der Waals surface area contributed by atoms with Gasteiger partial charge in [-0.2, -0.15) is 0 Å². The Morgan fingerprint density at radius 2 is 1.11 bits per heavy atom. The van der Waals surface area contributed by atoms with E-state index < -0.39 is 11.7 Å². The van der Waals surface area contributed by atoms with Crippen molar-refractivity contribution in [1.29, 1.82) is 0 Å². The fourth-order valence-electron chi connectivity index (χ4n) is 4.21. The summed E-state index contributed by atoms with van der Waals surface area (Å²) in [5, 5.41) is 0.344. The Hall–Kier alpha value is -4.43. The predicted octanol–water partition coefficient (Wildman–Crippen LogP) is 9.33. The first-order chi connectivity index (χ1) is 22.6. The highest BCUT2D eigenvalue weighted by molar-refractivity contribution is 9.09. The van der Waals surface area contributed by atoms with Crippen molar-refractivity contribution in [2.75, 3.05) is 18.4 Å². The average Bonchev–Trinajstić information content (AvgIpc) is 3.08.